The number of aliphatic imine (C=N–C) groups is 2. The number of aliphatic hydroxyl groups excluding tert-OH is 7. The summed E-state index contributed by atoms with van der Waals surface area (Å²) in [5.41, 5.74) is 19.6. The zero-order chi connectivity index (χ0) is 31.7. The first-order valence-corrected chi connectivity index (χ1v) is 13.0. The maximum atomic E-state index is 11.8. The van der Waals surface area contributed by atoms with Gasteiger partial charge in [0.25, 0.3) is 0 Å². The molecule has 3 aliphatic rings. The van der Waals surface area contributed by atoms with Crippen LogP contribution < -0.4 is 28.3 Å². The molecule has 0 radical (unpaired) electrons. The van der Waals surface area contributed by atoms with Crippen LogP contribution in [0, 0.1) is 0 Å². The highest BCUT2D eigenvalue weighted by atomic mass is 16.8. The molecular weight excluding hydrogens is 570 g/mol. The van der Waals surface area contributed by atoms with Gasteiger partial charge in [-0.05, 0) is 6.92 Å². The SMILES string of the molecule is CC(=O)N[C@@H]1[C@H](O[C@H]2[C@H](O[C@H]3[C@H](O)[C@@H](O)[C@H](N=C(N)N)[C@@H](O)[C@@H]3N=C(N)N)O[C@@H](C)[C@]2(O)CO)O[C@@H](CO)[C@H](O)[C@H]1O. The van der Waals surface area contributed by atoms with Crippen molar-refractivity contribution in [1.29, 1.82) is 0 Å². The molecule has 2 saturated heterocycles. The third-order valence-corrected chi connectivity index (χ3v) is 7.53. The van der Waals surface area contributed by atoms with Crippen molar-refractivity contribution < 1.29 is 64.6 Å². The molecule has 1 aliphatic carbocycles. The number of aliphatic hydroxyl groups is 8. The second-order valence-corrected chi connectivity index (χ2v) is 10.4. The number of guanidine groups is 2. The van der Waals surface area contributed by atoms with Gasteiger partial charge in [0.1, 0.15) is 72.6 Å². The summed E-state index contributed by atoms with van der Waals surface area (Å²) in [7, 11) is 0. The molecule has 17 N–H and O–H groups in total. The Balaban J connectivity index is 1.99. The summed E-state index contributed by atoms with van der Waals surface area (Å²) in [6, 6.07) is -4.45. The average Bonchev–Trinajstić information content (AvgIpc) is 3.15. The molecule has 1 amide bonds. The Morgan fingerprint density at radius 2 is 1.45 bits per heavy atom. The molecule has 20 heteroatoms. The second-order valence-electron chi connectivity index (χ2n) is 10.4. The molecule has 0 unspecified atom stereocenters. The van der Waals surface area contributed by atoms with Gasteiger partial charge in [0, 0.05) is 6.92 Å². The fourth-order valence-corrected chi connectivity index (χ4v) is 5.25. The van der Waals surface area contributed by atoms with Gasteiger partial charge in [-0.3, -0.25) is 4.79 Å². The molecule has 0 aromatic carbocycles. The van der Waals surface area contributed by atoms with Crippen LogP contribution in [0.4, 0.5) is 0 Å². The van der Waals surface area contributed by atoms with E-state index in [2.05, 4.69) is 15.3 Å². The Kier molecular flexibility index (Phi) is 10.9. The largest absolute Gasteiger partial charge is 0.394 e. The van der Waals surface area contributed by atoms with Crippen molar-refractivity contribution in [3.63, 3.8) is 0 Å². The lowest BCUT2D eigenvalue weighted by atomic mass is 9.81. The molecule has 242 valence electrons. The first kappa shape index (κ1) is 34.0. The Bertz CT molecular complexity index is 1000. The molecule has 1 saturated carbocycles. The van der Waals surface area contributed by atoms with E-state index in [1.807, 2.05) is 0 Å². The molecule has 2 aliphatic heterocycles. The van der Waals surface area contributed by atoms with E-state index in [0.29, 0.717) is 0 Å². The van der Waals surface area contributed by atoms with Crippen LogP contribution in [-0.4, -0.2) is 163 Å². The average molecular weight is 612 g/mol. The monoisotopic (exact) mass is 611 g/mol. The number of hydrogen-bond acceptors (Lipinski definition) is 15. The summed E-state index contributed by atoms with van der Waals surface area (Å²) in [5.74, 6) is -1.72. The number of carbonyl (C=O) groups is 1. The summed E-state index contributed by atoms with van der Waals surface area (Å²) in [6.07, 6.45) is -18.2. The Hall–Kier alpha value is -2.47. The number of hydrogen-bond donors (Lipinski definition) is 13. The van der Waals surface area contributed by atoms with Gasteiger partial charge in [0.2, 0.25) is 5.91 Å². The lowest BCUT2D eigenvalue weighted by Crippen LogP contribution is -2.67. The zero-order valence-electron chi connectivity index (χ0n) is 22.8. The molecule has 20 nitrogen and oxygen atoms in total. The van der Waals surface area contributed by atoms with Crippen molar-refractivity contribution in [3.05, 3.63) is 0 Å². The van der Waals surface area contributed by atoms with Crippen LogP contribution in [-0.2, 0) is 23.7 Å². The first-order chi connectivity index (χ1) is 19.6. The third-order valence-electron chi connectivity index (χ3n) is 7.53. The smallest absolute Gasteiger partial charge is 0.217 e. The van der Waals surface area contributed by atoms with Crippen molar-refractivity contribution in [2.45, 2.75) is 105 Å². The van der Waals surface area contributed by atoms with Crippen LogP contribution in [0.2, 0.25) is 0 Å². The van der Waals surface area contributed by atoms with Crippen molar-refractivity contribution in [3.8, 4) is 0 Å². The predicted molar refractivity (Wildman–Crippen MR) is 139 cm³/mol. The number of nitrogens with one attached hydrogen (secondary N) is 1. The van der Waals surface area contributed by atoms with Crippen molar-refractivity contribution >= 4 is 17.8 Å². The van der Waals surface area contributed by atoms with Crippen LogP contribution in [0.1, 0.15) is 13.8 Å². The molecule has 0 aromatic rings. The molecule has 0 spiro atoms. The van der Waals surface area contributed by atoms with Crippen LogP contribution in [0.5, 0.6) is 0 Å². The van der Waals surface area contributed by atoms with Crippen molar-refractivity contribution in [1.82, 2.24) is 5.32 Å². The molecule has 42 heavy (non-hydrogen) atoms. The molecule has 2 heterocycles. The van der Waals surface area contributed by atoms with Gasteiger partial charge in [-0.25, -0.2) is 9.98 Å². The maximum absolute atomic E-state index is 11.8. The van der Waals surface area contributed by atoms with E-state index in [0.717, 1.165) is 6.92 Å². The summed E-state index contributed by atoms with van der Waals surface area (Å²) in [4.78, 5) is 19.5. The Morgan fingerprint density at radius 3 is 1.98 bits per heavy atom. The number of carbonyl (C=O) groups excluding carboxylic acids is 1. The van der Waals surface area contributed by atoms with E-state index >= 15 is 0 Å². The van der Waals surface area contributed by atoms with Gasteiger partial charge in [-0.2, -0.15) is 0 Å². The van der Waals surface area contributed by atoms with E-state index in [1.54, 1.807) is 0 Å². The van der Waals surface area contributed by atoms with Crippen molar-refractivity contribution in [2.75, 3.05) is 13.2 Å². The van der Waals surface area contributed by atoms with E-state index in [4.69, 9.17) is 41.9 Å². The van der Waals surface area contributed by atoms with E-state index in [1.165, 1.54) is 6.92 Å². The molecule has 3 fully saturated rings. The number of nitrogens with two attached hydrogens (primary N) is 4. The zero-order valence-corrected chi connectivity index (χ0v) is 22.8. The second kappa shape index (κ2) is 13.4. The fraction of sp³-hybridized carbons (Fsp3) is 0.864. The standard InChI is InChI=1S/C22H41N7O13/c1-5-22(38,4-31)17(42-18-10(27-6(2)32)14(36)11(33)7(3-30)40-18)19(39-5)41-16-9(29-21(25)26)12(34)8(28-20(23)24)13(35)15(16)37/h5,7-19,30-31,33-38H,3-4H2,1-2H3,(H,27,32)(H4,23,24,28)(H4,25,26,29)/t5-,7-,8+,9-,10-,11-,12+,13-,14-,15+,16+,17-,18-,19-,22+/m0/s1. The number of amides is 1. The van der Waals surface area contributed by atoms with Gasteiger partial charge < -0.3 is 88.1 Å². The van der Waals surface area contributed by atoms with E-state index in [9.17, 15) is 45.6 Å². The minimum absolute atomic E-state index is 0.516. The Morgan fingerprint density at radius 1 is 0.857 bits per heavy atom. The van der Waals surface area contributed by atoms with Gasteiger partial charge in [0.05, 0.1) is 19.3 Å². The highest BCUT2D eigenvalue weighted by Crippen LogP contribution is 2.39. The molecule has 3 rings (SSSR count). The predicted octanol–water partition coefficient (Wildman–Crippen LogP) is -8.45. The molecular formula is C22H41N7O13. The minimum Gasteiger partial charge on any atom is -0.394 e. The van der Waals surface area contributed by atoms with Gasteiger partial charge >= 0.3 is 0 Å². The normalized spacial score (nSPS) is 45.7. The molecule has 0 aromatic heterocycles. The van der Waals surface area contributed by atoms with Crippen LogP contribution in [0.3, 0.4) is 0 Å². The number of ether oxygens (including phenoxy) is 4. The lowest BCUT2D eigenvalue weighted by molar-refractivity contribution is -0.317. The van der Waals surface area contributed by atoms with Crippen molar-refractivity contribution in [2.24, 2.45) is 32.9 Å². The number of rotatable bonds is 9. The maximum Gasteiger partial charge on any atom is 0.217 e. The van der Waals surface area contributed by atoms with E-state index < -0.39 is 122 Å². The first-order valence-electron chi connectivity index (χ1n) is 13.0. The summed E-state index contributed by atoms with van der Waals surface area (Å²) in [5, 5.41) is 87.0. The third kappa shape index (κ3) is 6.69. The molecule has 0 bridgehead atoms. The summed E-state index contributed by atoms with van der Waals surface area (Å²) in [6.45, 7) is 0.716. The van der Waals surface area contributed by atoms with Gasteiger partial charge in [-0.1, -0.05) is 0 Å². The topological polar surface area (TPSA) is 357 Å². The van der Waals surface area contributed by atoms with Crippen LogP contribution >= 0.6 is 0 Å². The fourth-order valence-electron chi connectivity index (χ4n) is 5.25. The molecule has 15 atom stereocenters. The van der Waals surface area contributed by atoms with E-state index in [-0.39, 0.29) is 0 Å². The lowest BCUT2D eigenvalue weighted by Gasteiger charge is -2.45. The van der Waals surface area contributed by atoms with Gasteiger partial charge in [0.15, 0.2) is 24.5 Å². The van der Waals surface area contributed by atoms with Gasteiger partial charge in [-0.15, -0.1) is 0 Å². The highest BCUT2D eigenvalue weighted by molar-refractivity contribution is 5.76. The van der Waals surface area contributed by atoms with Crippen LogP contribution in [0.15, 0.2) is 9.98 Å². The summed E-state index contributed by atoms with van der Waals surface area (Å²) >= 11 is 0. The number of nitrogens with zero attached hydrogens (tertiary/aromatic N) is 2. The summed E-state index contributed by atoms with van der Waals surface area (Å²) < 4.78 is 23.0. The minimum atomic E-state index is -2.24. The van der Waals surface area contributed by atoms with Crippen LogP contribution in [0.25, 0.3) is 0 Å². The highest BCUT2D eigenvalue weighted by Gasteiger charge is 2.60. The quantitative estimate of drug-likeness (QED) is 0.0849. The Labute approximate surface area is 239 Å².